The Kier molecular flexibility index (Phi) is 6.27. The normalized spacial score (nSPS) is 28.2. The van der Waals surface area contributed by atoms with Crippen molar-refractivity contribution in [2.45, 2.75) is 45.1 Å². The van der Waals surface area contributed by atoms with Crippen molar-refractivity contribution in [1.29, 1.82) is 0 Å². The molecule has 4 heteroatoms. The van der Waals surface area contributed by atoms with Crippen LogP contribution in [0.15, 0.2) is 0 Å². The van der Waals surface area contributed by atoms with Crippen LogP contribution in [0, 0.1) is 5.41 Å². The quantitative estimate of drug-likeness (QED) is 0.609. The highest BCUT2D eigenvalue weighted by atomic mass is 32.2. The third kappa shape index (κ3) is 3.85. The topological polar surface area (TPSA) is 58.3 Å². The molecule has 1 unspecified atom stereocenters. The Morgan fingerprint density at radius 3 is 2.65 bits per heavy atom. The van der Waals surface area contributed by atoms with Gasteiger partial charge >= 0.3 is 0 Å². The van der Waals surface area contributed by atoms with Crippen LogP contribution in [0.2, 0.25) is 0 Å². The molecule has 0 aromatic carbocycles. The van der Waals surface area contributed by atoms with Crippen LogP contribution in [0.25, 0.3) is 0 Å². The smallest absolute Gasteiger partial charge is 0.0447 e. The molecule has 0 saturated carbocycles. The monoisotopic (exact) mass is 260 g/mol. The van der Waals surface area contributed by atoms with Crippen LogP contribution in [-0.2, 0) is 0 Å². The van der Waals surface area contributed by atoms with E-state index >= 15 is 0 Å². The maximum atomic E-state index is 8.75. The first-order chi connectivity index (χ1) is 8.08. The lowest BCUT2D eigenvalue weighted by Crippen LogP contribution is -2.64. The Hall–Kier alpha value is 0.230. The van der Waals surface area contributed by atoms with Crippen molar-refractivity contribution >= 4 is 11.8 Å². The predicted molar refractivity (Wildman–Crippen MR) is 76.4 cm³/mol. The van der Waals surface area contributed by atoms with Crippen LogP contribution >= 0.6 is 11.8 Å². The van der Waals surface area contributed by atoms with Crippen molar-refractivity contribution in [2.75, 3.05) is 31.2 Å². The number of nitrogens with one attached hydrogen (secondary N) is 1. The van der Waals surface area contributed by atoms with Crippen molar-refractivity contribution in [2.24, 2.45) is 11.1 Å². The Bertz CT molecular complexity index is 223. The SMILES string of the molecule is CC1(C)CCSCC1(CN)NCCCCCO. The van der Waals surface area contributed by atoms with Crippen LogP contribution in [0.5, 0.6) is 0 Å². The Balaban J connectivity index is 2.44. The van der Waals surface area contributed by atoms with Gasteiger partial charge in [-0.3, -0.25) is 0 Å². The first-order valence-electron chi connectivity index (χ1n) is 6.72. The van der Waals surface area contributed by atoms with E-state index in [4.69, 9.17) is 10.8 Å². The summed E-state index contributed by atoms with van der Waals surface area (Å²) in [6.07, 6.45) is 4.37. The van der Waals surface area contributed by atoms with E-state index in [0.717, 1.165) is 31.6 Å². The molecule has 1 aliphatic heterocycles. The second-order valence-electron chi connectivity index (χ2n) is 5.68. The Morgan fingerprint density at radius 1 is 1.29 bits per heavy atom. The zero-order valence-corrected chi connectivity index (χ0v) is 12.1. The molecule has 1 saturated heterocycles. The molecule has 0 aromatic heterocycles. The molecule has 102 valence electrons. The van der Waals surface area contributed by atoms with E-state index in [9.17, 15) is 0 Å². The number of nitrogens with two attached hydrogens (primary N) is 1. The molecular formula is C13H28N2OS. The molecule has 0 radical (unpaired) electrons. The van der Waals surface area contributed by atoms with E-state index in [1.54, 1.807) is 0 Å². The van der Waals surface area contributed by atoms with Crippen LogP contribution in [0.1, 0.15) is 39.5 Å². The fourth-order valence-electron chi connectivity index (χ4n) is 2.45. The average molecular weight is 260 g/mol. The van der Waals surface area contributed by atoms with Crippen LogP contribution in [0.3, 0.4) is 0 Å². The van der Waals surface area contributed by atoms with Gasteiger partial charge in [-0.1, -0.05) is 13.8 Å². The van der Waals surface area contributed by atoms with Crippen molar-refractivity contribution < 1.29 is 5.11 Å². The molecule has 1 heterocycles. The maximum Gasteiger partial charge on any atom is 0.0447 e. The molecule has 0 spiro atoms. The standard InChI is InChI=1S/C13H28N2OS/c1-12(2)6-9-17-11-13(12,10-14)15-7-4-3-5-8-16/h15-16H,3-11,14H2,1-2H3. The molecule has 0 bridgehead atoms. The van der Waals surface area contributed by atoms with Gasteiger partial charge in [0.05, 0.1) is 0 Å². The lowest BCUT2D eigenvalue weighted by atomic mass is 9.70. The van der Waals surface area contributed by atoms with E-state index in [0.29, 0.717) is 13.2 Å². The average Bonchev–Trinajstić information content (AvgIpc) is 2.31. The van der Waals surface area contributed by atoms with Gasteiger partial charge in [0, 0.05) is 24.4 Å². The summed E-state index contributed by atoms with van der Waals surface area (Å²) < 4.78 is 0. The highest BCUT2D eigenvalue weighted by Crippen LogP contribution is 2.41. The second-order valence-corrected chi connectivity index (χ2v) is 6.79. The first-order valence-corrected chi connectivity index (χ1v) is 7.87. The highest BCUT2D eigenvalue weighted by Gasteiger charge is 2.45. The van der Waals surface area contributed by atoms with Crippen molar-refractivity contribution in [3.8, 4) is 0 Å². The molecule has 1 rings (SSSR count). The van der Waals surface area contributed by atoms with Crippen LogP contribution < -0.4 is 11.1 Å². The number of aliphatic hydroxyl groups is 1. The minimum absolute atomic E-state index is 0.0924. The molecule has 1 aliphatic rings. The van der Waals surface area contributed by atoms with Gasteiger partial charge in [0.2, 0.25) is 0 Å². The summed E-state index contributed by atoms with van der Waals surface area (Å²) in [6.45, 7) is 6.71. The number of thioether (sulfide) groups is 1. The molecule has 0 aromatic rings. The van der Waals surface area contributed by atoms with Crippen LogP contribution in [-0.4, -0.2) is 41.8 Å². The highest BCUT2D eigenvalue weighted by molar-refractivity contribution is 7.99. The number of rotatable bonds is 7. The second kappa shape index (κ2) is 6.98. The van der Waals surface area contributed by atoms with Crippen LogP contribution in [0.4, 0.5) is 0 Å². The Morgan fingerprint density at radius 2 is 2.06 bits per heavy atom. The maximum absolute atomic E-state index is 8.75. The third-order valence-corrected chi connectivity index (χ3v) is 5.35. The van der Waals surface area contributed by atoms with Crippen molar-refractivity contribution in [1.82, 2.24) is 5.32 Å². The summed E-state index contributed by atoms with van der Waals surface area (Å²) in [5.41, 5.74) is 6.41. The van der Waals surface area contributed by atoms with Gasteiger partial charge in [0.15, 0.2) is 0 Å². The van der Waals surface area contributed by atoms with Gasteiger partial charge in [0.1, 0.15) is 0 Å². The molecule has 1 atom stereocenters. The molecule has 0 aliphatic carbocycles. The lowest BCUT2D eigenvalue weighted by molar-refractivity contribution is 0.136. The summed E-state index contributed by atoms with van der Waals surface area (Å²) in [5, 5.41) is 12.5. The zero-order valence-electron chi connectivity index (χ0n) is 11.3. The minimum Gasteiger partial charge on any atom is -0.396 e. The molecule has 3 nitrogen and oxygen atoms in total. The minimum atomic E-state index is 0.0924. The molecular weight excluding hydrogens is 232 g/mol. The number of hydrogen-bond donors (Lipinski definition) is 3. The van der Waals surface area contributed by atoms with E-state index in [-0.39, 0.29) is 11.0 Å². The summed E-state index contributed by atoms with van der Waals surface area (Å²) in [5.74, 6) is 2.37. The molecule has 17 heavy (non-hydrogen) atoms. The van der Waals surface area contributed by atoms with E-state index in [2.05, 4.69) is 19.2 Å². The van der Waals surface area contributed by atoms with E-state index in [1.807, 2.05) is 11.8 Å². The molecule has 0 amide bonds. The number of aliphatic hydroxyl groups excluding tert-OH is 1. The predicted octanol–water partition coefficient (Wildman–Crippen LogP) is 1.60. The largest absolute Gasteiger partial charge is 0.396 e. The number of hydrogen-bond acceptors (Lipinski definition) is 4. The Labute approximate surface area is 110 Å². The van der Waals surface area contributed by atoms with Gasteiger partial charge in [-0.05, 0) is 43.4 Å². The summed E-state index contributed by atoms with van der Waals surface area (Å²) >= 11 is 2.01. The fourth-order valence-corrected chi connectivity index (χ4v) is 4.21. The van der Waals surface area contributed by atoms with E-state index < -0.39 is 0 Å². The van der Waals surface area contributed by atoms with Crippen molar-refractivity contribution in [3.05, 3.63) is 0 Å². The summed E-state index contributed by atoms with van der Waals surface area (Å²) in [4.78, 5) is 0. The number of unbranched alkanes of at least 4 members (excludes halogenated alkanes) is 2. The van der Waals surface area contributed by atoms with Gasteiger partial charge in [-0.25, -0.2) is 0 Å². The first kappa shape index (κ1) is 15.3. The van der Waals surface area contributed by atoms with Gasteiger partial charge in [-0.2, -0.15) is 11.8 Å². The van der Waals surface area contributed by atoms with Crippen molar-refractivity contribution in [3.63, 3.8) is 0 Å². The molecule has 1 fully saturated rings. The summed E-state index contributed by atoms with van der Waals surface area (Å²) in [6, 6.07) is 0. The fraction of sp³-hybridized carbons (Fsp3) is 1.00. The summed E-state index contributed by atoms with van der Waals surface area (Å²) in [7, 11) is 0. The lowest BCUT2D eigenvalue weighted by Gasteiger charge is -2.50. The van der Waals surface area contributed by atoms with Gasteiger partial charge in [-0.15, -0.1) is 0 Å². The molecule has 4 N–H and O–H groups in total. The van der Waals surface area contributed by atoms with Gasteiger partial charge < -0.3 is 16.2 Å². The van der Waals surface area contributed by atoms with E-state index in [1.165, 1.54) is 12.2 Å². The van der Waals surface area contributed by atoms with Gasteiger partial charge in [0.25, 0.3) is 0 Å². The zero-order chi connectivity index (χ0) is 12.8. The third-order valence-electron chi connectivity index (χ3n) is 4.16.